The van der Waals surface area contributed by atoms with Crippen LogP contribution in [0.3, 0.4) is 0 Å². The molecular formula is C19H20N2O3. The molecule has 1 amide bonds. The van der Waals surface area contributed by atoms with Crippen LogP contribution in [0.25, 0.3) is 0 Å². The van der Waals surface area contributed by atoms with Gasteiger partial charge in [-0.3, -0.25) is 14.6 Å². The lowest BCUT2D eigenvalue weighted by molar-refractivity contribution is -0.141. The molecule has 1 aliphatic rings. The number of carboxylic acid groups (broad SMARTS) is 1. The zero-order valence-electron chi connectivity index (χ0n) is 13.3. The second-order valence-electron chi connectivity index (χ2n) is 6.08. The molecule has 1 saturated heterocycles. The average Bonchev–Trinajstić information content (AvgIpc) is 3.07. The highest BCUT2D eigenvalue weighted by Gasteiger charge is 2.40. The van der Waals surface area contributed by atoms with Crippen molar-refractivity contribution in [3.63, 3.8) is 0 Å². The van der Waals surface area contributed by atoms with E-state index in [1.807, 2.05) is 48.5 Å². The summed E-state index contributed by atoms with van der Waals surface area (Å²) in [4.78, 5) is 30.0. The lowest BCUT2D eigenvalue weighted by Crippen LogP contribution is -2.30. The lowest BCUT2D eigenvalue weighted by atomic mass is 9.89. The lowest BCUT2D eigenvalue weighted by Gasteiger charge is -2.16. The Morgan fingerprint density at radius 1 is 1.08 bits per heavy atom. The minimum atomic E-state index is -0.844. The molecule has 0 aliphatic carbocycles. The normalized spacial score (nSPS) is 20.1. The molecule has 0 saturated carbocycles. The van der Waals surface area contributed by atoms with E-state index in [-0.39, 0.29) is 18.4 Å². The van der Waals surface area contributed by atoms with Crippen LogP contribution >= 0.6 is 0 Å². The minimum Gasteiger partial charge on any atom is -0.481 e. The Labute approximate surface area is 140 Å². The number of hydrogen-bond acceptors (Lipinski definition) is 3. The fourth-order valence-electron chi connectivity index (χ4n) is 3.23. The topological polar surface area (TPSA) is 70.5 Å². The number of rotatable bonds is 5. The van der Waals surface area contributed by atoms with Gasteiger partial charge in [-0.15, -0.1) is 0 Å². The third kappa shape index (κ3) is 3.62. The first-order chi connectivity index (χ1) is 11.6. The Bertz CT molecular complexity index is 703. The molecule has 5 heteroatoms. The van der Waals surface area contributed by atoms with Gasteiger partial charge < -0.3 is 10.0 Å². The number of carbonyl (C=O) groups excluding carboxylic acids is 1. The van der Waals surface area contributed by atoms with Gasteiger partial charge in [-0.1, -0.05) is 36.4 Å². The van der Waals surface area contributed by atoms with Crippen LogP contribution < -0.4 is 0 Å². The summed E-state index contributed by atoms with van der Waals surface area (Å²) in [6.07, 6.45) is 2.64. The second kappa shape index (κ2) is 7.25. The van der Waals surface area contributed by atoms with E-state index in [2.05, 4.69) is 4.98 Å². The first kappa shape index (κ1) is 16.2. The first-order valence-electron chi connectivity index (χ1n) is 8.10. The predicted molar refractivity (Wildman–Crippen MR) is 89.4 cm³/mol. The SMILES string of the molecule is O=C(O)[C@@H]1CN(C(=O)CCc2ccccn2)C[C@H]1c1ccccc1. The number of carboxylic acids is 1. The van der Waals surface area contributed by atoms with Crippen molar-refractivity contribution in [2.24, 2.45) is 5.92 Å². The summed E-state index contributed by atoms with van der Waals surface area (Å²) in [6.45, 7) is 0.734. The molecule has 1 aromatic heterocycles. The summed E-state index contributed by atoms with van der Waals surface area (Å²) in [5, 5.41) is 9.50. The van der Waals surface area contributed by atoms with E-state index in [9.17, 15) is 14.7 Å². The summed E-state index contributed by atoms with van der Waals surface area (Å²) in [5.74, 6) is -1.55. The Hall–Kier alpha value is -2.69. The van der Waals surface area contributed by atoms with Crippen molar-refractivity contribution in [2.75, 3.05) is 13.1 Å². The van der Waals surface area contributed by atoms with E-state index in [1.165, 1.54) is 0 Å². The number of pyridine rings is 1. The maximum atomic E-state index is 12.5. The molecule has 1 fully saturated rings. The highest BCUT2D eigenvalue weighted by Crippen LogP contribution is 2.33. The highest BCUT2D eigenvalue weighted by atomic mass is 16.4. The largest absolute Gasteiger partial charge is 0.481 e. The van der Waals surface area contributed by atoms with Gasteiger partial charge in [0.25, 0.3) is 0 Å². The molecule has 3 rings (SSSR count). The number of likely N-dealkylation sites (tertiary alicyclic amines) is 1. The molecule has 0 unspecified atom stereocenters. The molecular weight excluding hydrogens is 304 g/mol. The Morgan fingerprint density at radius 2 is 1.83 bits per heavy atom. The molecule has 0 bridgehead atoms. The molecule has 2 heterocycles. The standard InChI is InChI=1S/C19H20N2O3/c22-18(10-9-15-8-4-5-11-20-15)21-12-16(17(13-21)19(23)24)14-6-2-1-3-7-14/h1-8,11,16-17H,9-10,12-13H2,(H,23,24)/t16-,17+/m0/s1. The van der Waals surface area contributed by atoms with Gasteiger partial charge in [0.2, 0.25) is 5.91 Å². The molecule has 1 N–H and O–H groups in total. The van der Waals surface area contributed by atoms with Crippen LogP contribution in [0, 0.1) is 5.92 Å². The van der Waals surface area contributed by atoms with Crippen LogP contribution in [0.1, 0.15) is 23.6 Å². The molecule has 5 nitrogen and oxygen atoms in total. The van der Waals surface area contributed by atoms with Gasteiger partial charge in [0, 0.05) is 37.3 Å². The molecule has 2 aromatic rings. The number of hydrogen-bond donors (Lipinski definition) is 1. The third-order valence-electron chi connectivity index (χ3n) is 4.54. The van der Waals surface area contributed by atoms with E-state index in [0.29, 0.717) is 19.4 Å². The number of aromatic nitrogens is 1. The van der Waals surface area contributed by atoms with Gasteiger partial charge in [-0.25, -0.2) is 0 Å². The fourth-order valence-corrected chi connectivity index (χ4v) is 3.23. The maximum Gasteiger partial charge on any atom is 0.308 e. The number of aryl methyl sites for hydroxylation is 1. The molecule has 0 spiro atoms. The summed E-state index contributed by atoms with van der Waals surface area (Å²) in [6, 6.07) is 15.2. The molecule has 1 aliphatic heterocycles. The van der Waals surface area contributed by atoms with E-state index in [0.717, 1.165) is 11.3 Å². The zero-order valence-corrected chi connectivity index (χ0v) is 13.3. The van der Waals surface area contributed by atoms with E-state index in [1.54, 1.807) is 11.1 Å². The monoisotopic (exact) mass is 324 g/mol. The summed E-state index contributed by atoms with van der Waals surface area (Å²) in [5.41, 5.74) is 1.85. The summed E-state index contributed by atoms with van der Waals surface area (Å²) in [7, 11) is 0. The second-order valence-corrected chi connectivity index (χ2v) is 6.08. The molecule has 24 heavy (non-hydrogen) atoms. The van der Waals surface area contributed by atoms with Gasteiger partial charge in [0.05, 0.1) is 5.92 Å². The highest BCUT2D eigenvalue weighted by molar-refractivity contribution is 5.79. The zero-order chi connectivity index (χ0) is 16.9. The minimum absolute atomic E-state index is 0.00895. The third-order valence-corrected chi connectivity index (χ3v) is 4.54. The molecule has 124 valence electrons. The van der Waals surface area contributed by atoms with Gasteiger partial charge in [0.15, 0.2) is 0 Å². The van der Waals surface area contributed by atoms with Crippen molar-refractivity contribution in [2.45, 2.75) is 18.8 Å². The van der Waals surface area contributed by atoms with Crippen LogP contribution in [-0.2, 0) is 16.0 Å². The van der Waals surface area contributed by atoms with Gasteiger partial charge >= 0.3 is 5.97 Å². The summed E-state index contributed by atoms with van der Waals surface area (Å²) >= 11 is 0. The smallest absolute Gasteiger partial charge is 0.308 e. The van der Waals surface area contributed by atoms with Crippen LogP contribution in [0.4, 0.5) is 0 Å². The van der Waals surface area contributed by atoms with Crippen molar-refractivity contribution in [1.82, 2.24) is 9.88 Å². The number of nitrogens with zero attached hydrogens (tertiary/aromatic N) is 2. The van der Waals surface area contributed by atoms with Crippen LogP contribution in [0.15, 0.2) is 54.7 Å². The van der Waals surface area contributed by atoms with Crippen LogP contribution in [0.2, 0.25) is 0 Å². The maximum absolute atomic E-state index is 12.5. The van der Waals surface area contributed by atoms with Crippen molar-refractivity contribution in [3.8, 4) is 0 Å². The van der Waals surface area contributed by atoms with E-state index >= 15 is 0 Å². The van der Waals surface area contributed by atoms with Crippen LogP contribution in [-0.4, -0.2) is 40.0 Å². The Kier molecular flexibility index (Phi) is 4.89. The van der Waals surface area contributed by atoms with E-state index < -0.39 is 11.9 Å². The summed E-state index contributed by atoms with van der Waals surface area (Å²) < 4.78 is 0. The molecule has 2 atom stereocenters. The molecule has 1 aromatic carbocycles. The van der Waals surface area contributed by atoms with Crippen molar-refractivity contribution >= 4 is 11.9 Å². The van der Waals surface area contributed by atoms with Crippen molar-refractivity contribution < 1.29 is 14.7 Å². The van der Waals surface area contributed by atoms with Gasteiger partial charge in [0.1, 0.15) is 0 Å². The first-order valence-corrected chi connectivity index (χ1v) is 8.10. The van der Waals surface area contributed by atoms with Crippen molar-refractivity contribution in [3.05, 3.63) is 66.0 Å². The van der Waals surface area contributed by atoms with Gasteiger partial charge in [-0.05, 0) is 24.1 Å². The fraction of sp³-hybridized carbons (Fsp3) is 0.316. The Morgan fingerprint density at radius 3 is 2.50 bits per heavy atom. The van der Waals surface area contributed by atoms with E-state index in [4.69, 9.17) is 0 Å². The Balaban J connectivity index is 1.66. The molecule has 0 radical (unpaired) electrons. The van der Waals surface area contributed by atoms with Crippen LogP contribution in [0.5, 0.6) is 0 Å². The average molecular weight is 324 g/mol. The van der Waals surface area contributed by atoms with Crippen molar-refractivity contribution in [1.29, 1.82) is 0 Å². The van der Waals surface area contributed by atoms with Gasteiger partial charge in [-0.2, -0.15) is 0 Å². The number of amides is 1. The predicted octanol–water partition coefficient (Wildman–Crippen LogP) is 2.34. The number of benzene rings is 1. The number of aliphatic carboxylic acids is 1. The quantitative estimate of drug-likeness (QED) is 0.916. The number of carbonyl (C=O) groups is 2.